The number of anilines is 2. The summed E-state index contributed by atoms with van der Waals surface area (Å²) in [5, 5.41) is 9.26. The second-order valence-electron chi connectivity index (χ2n) is 7.69. The summed E-state index contributed by atoms with van der Waals surface area (Å²) in [5.74, 6) is -0.911. The molecule has 0 unspecified atom stereocenters. The topological polar surface area (TPSA) is 127 Å². The van der Waals surface area contributed by atoms with E-state index in [1.807, 2.05) is 6.92 Å². The standard InChI is InChI=1S/C27H26Cl2N4O6/c1-3-37-19-11-9-18(10-12-19)31-24(34)16-39-22-13-8-17(14-23(22)38-4-2)15-30-33-27(36)26(35)32-21-7-5-6-20(28)25(21)29/h5-15H,3-4,16H2,1-2H3,(H,31,34)(H,32,35)(H,33,36)/b30-15-. The molecule has 3 N–H and O–H groups in total. The van der Waals surface area contributed by atoms with E-state index in [-0.39, 0.29) is 28.2 Å². The Morgan fingerprint density at radius 3 is 2.31 bits per heavy atom. The van der Waals surface area contributed by atoms with Gasteiger partial charge in [0.2, 0.25) is 0 Å². The first-order chi connectivity index (χ1) is 18.8. The van der Waals surface area contributed by atoms with Gasteiger partial charge in [0.25, 0.3) is 5.91 Å². The maximum absolute atomic E-state index is 12.3. The molecule has 0 aliphatic carbocycles. The smallest absolute Gasteiger partial charge is 0.329 e. The van der Waals surface area contributed by atoms with Crippen LogP contribution in [0.2, 0.25) is 10.0 Å². The van der Waals surface area contributed by atoms with Crippen molar-refractivity contribution in [1.82, 2.24) is 5.43 Å². The number of hydrazone groups is 1. The largest absolute Gasteiger partial charge is 0.494 e. The molecule has 12 heteroatoms. The Balaban J connectivity index is 1.55. The fraction of sp³-hybridized carbons (Fsp3) is 0.185. The first-order valence-corrected chi connectivity index (χ1v) is 12.6. The van der Waals surface area contributed by atoms with Gasteiger partial charge in [-0.2, -0.15) is 5.10 Å². The molecule has 0 fully saturated rings. The molecular formula is C27H26Cl2N4O6. The number of nitrogens with zero attached hydrogens (tertiary/aromatic N) is 1. The molecule has 0 spiro atoms. The number of carbonyl (C=O) groups excluding carboxylic acids is 3. The molecule has 3 rings (SSSR count). The van der Waals surface area contributed by atoms with Crippen LogP contribution in [0.25, 0.3) is 0 Å². The molecular weight excluding hydrogens is 547 g/mol. The van der Waals surface area contributed by atoms with Gasteiger partial charge in [-0.1, -0.05) is 29.3 Å². The minimum Gasteiger partial charge on any atom is -0.494 e. The average Bonchev–Trinajstić information content (AvgIpc) is 2.92. The fourth-order valence-corrected chi connectivity index (χ4v) is 3.48. The first-order valence-electron chi connectivity index (χ1n) is 11.8. The van der Waals surface area contributed by atoms with E-state index in [1.165, 1.54) is 12.3 Å². The molecule has 0 bridgehead atoms. The number of amides is 3. The van der Waals surface area contributed by atoms with E-state index in [1.54, 1.807) is 61.5 Å². The van der Waals surface area contributed by atoms with E-state index in [0.717, 1.165) is 0 Å². The van der Waals surface area contributed by atoms with E-state index in [2.05, 4.69) is 21.2 Å². The number of benzene rings is 3. The van der Waals surface area contributed by atoms with Crippen LogP contribution in [0.4, 0.5) is 11.4 Å². The van der Waals surface area contributed by atoms with Crippen LogP contribution < -0.4 is 30.3 Å². The number of hydrogen-bond acceptors (Lipinski definition) is 7. The molecule has 0 aliphatic heterocycles. The highest BCUT2D eigenvalue weighted by molar-refractivity contribution is 6.45. The Hall–Kier alpha value is -4.28. The second kappa shape index (κ2) is 14.6. The predicted octanol–water partition coefficient (Wildman–Crippen LogP) is 4.90. The predicted molar refractivity (Wildman–Crippen MR) is 150 cm³/mol. The molecule has 39 heavy (non-hydrogen) atoms. The lowest BCUT2D eigenvalue weighted by atomic mass is 10.2. The van der Waals surface area contributed by atoms with Crippen LogP contribution in [0.15, 0.2) is 65.8 Å². The van der Waals surface area contributed by atoms with E-state index >= 15 is 0 Å². The summed E-state index contributed by atoms with van der Waals surface area (Å²) in [7, 11) is 0. The molecule has 3 aromatic rings. The Morgan fingerprint density at radius 1 is 0.846 bits per heavy atom. The zero-order valence-corrected chi connectivity index (χ0v) is 22.6. The zero-order chi connectivity index (χ0) is 28.2. The minimum absolute atomic E-state index is 0.114. The highest BCUT2D eigenvalue weighted by Gasteiger charge is 2.15. The highest BCUT2D eigenvalue weighted by Crippen LogP contribution is 2.30. The highest BCUT2D eigenvalue weighted by atomic mass is 35.5. The summed E-state index contributed by atoms with van der Waals surface area (Å²) in [6.07, 6.45) is 1.32. The van der Waals surface area contributed by atoms with Gasteiger partial charge in [0, 0.05) is 5.69 Å². The molecule has 0 saturated carbocycles. The van der Waals surface area contributed by atoms with Gasteiger partial charge in [0.05, 0.1) is 35.2 Å². The van der Waals surface area contributed by atoms with Gasteiger partial charge < -0.3 is 24.8 Å². The maximum atomic E-state index is 12.3. The van der Waals surface area contributed by atoms with Crippen molar-refractivity contribution in [3.05, 3.63) is 76.3 Å². The molecule has 0 atom stereocenters. The van der Waals surface area contributed by atoms with Crippen LogP contribution in [0.5, 0.6) is 17.2 Å². The van der Waals surface area contributed by atoms with Gasteiger partial charge in [-0.25, -0.2) is 5.43 Å². The average molecular weight is 573 g/mol. The third-order valence-electron chi connectivity index (χ3n) is 4.86. The Labute approximate surface area is 235 Å². The van der Waals surface area contributed by atoms with Crippen molar-refractivity contribution in [3.8, 4) is 17.2 Å². The first kappa shape index (κ1) is 29.3. The Bertz CT molecular complexity index is 1350. The summed E-state index contributed by atoms with van der Waals surface area (Å²) in [6, 6.07) is 16.5. The van der Waals surface area contributed by atoms with Crippen molar-refractivity contribution in [2.24, 2.45) is 5.10 Å². The van der Waals surface area contributed by atoms with Crippen molar-refractivity contribution in [3.63, 3.8) is 0 Å². The van der Waals surface area contributed by atoms with Crippen LogP contribution in [0.3, 0.4) is 0 Å². The normalized spacial score (nSPS) is 10.6. The minimum atomic E-state index is -1.01. The molecule has 204 valence electrons. The lowest BCUT2D eigenvalue weighted by Gasteiger charge is -2.13. The SMILES string of the molecule is CCOc1ccc(NC(=O)COc2ccc(/C=N\NC(=O)C(=O)Nc3cccc(Cl)c3Cl)cc2OCC)cc1. The molecule has 0 aromatic heterocycles. The zero-order valence-electron chi connectivity index (χ0n) is 21.1. The van der Waals surface area contributed by atoms with Gasteiger partial charge in [-0.15, -0.1) is 0 Å². The third-order valence-corrected chi connectivity index (χ3v) is 5.68. The van der Waals surface area contributed by atoms with Gasteiger partial charge >= 0.3 is 11.8 Å². The lowest BCUT2D eigenvalue weighted by molar-refractivity contribution is -0.136. The van der Waals surface area contributed by atoms with E-state index in [9.17, 15) is 14.4 Å². The number of nitrogens with one attached hydrogen (secondary N) is 3. The fourth-order valence-electron chi connectivity index (χ4n) is 3.13. The lowest BCUT2D eigenvalue weighted by Crippen LogP contribution is -2.32. The number of rotatable bonds is 11. The molecule has 0 radical (unpaired) electrons. The quantitative estimate of drug-likeness (QED) is 0.170. The maximum Gasteiger partial charge on any atom is 0.329 e. The molecule has 0 saturated heterocycles. The summed E-state index contributed by atoms with van der Waals surface area (Å²) in [5.41, 5.74) is 3.48. The number of ether oxygens (including phenoxy) is 3. The Morgan fingerprint density at radius 2 is 1.59 bits per heavy atom. The number of hydrogen-bond donors (Lipinski definition) is 3. The molecule has 10 nitrogen and oxygen atoms in total. The van der Waals surface area contributed by atoms with Gasteiger partial charge in [0.15, 0.2) is 18.1 Å². The van der Waals surface area contributed by atoms with Gasteiger partial charge in [0.1, 0.15) is 5.75 Å². The molecule has 3 aromatic carbocycles. The monoisotopic (exact) mass is 572 g/mol. The van der Waals surface area contributed by atoms with Crippen molar-refractivity contribution in [1.29, 1.82) is 0 Å². The van der Waals surface area contributed by atoms with Crippen molar-refractivity contribution >= 4 is 58.5 Å². The summed E-state index contributed by atoms with van der Waals surface area (Å²) >= 11 is 11.9. The van der Waals surface area contributed by atoms with E-state index < -0.39 is 11.8 Å². The van der Waals surface area contributed by atoms with Crippen molar-refractivity contribution < 1.29 is 28.6 Å². The Kier molecular flexibility index (Phi) is 11.0. The second-order valence-corrected chi connectivity index (χ2v) is 8.47. The van der Waals surface area contributed by atoms with Crippen LogP contribution in [-0.2, 0) is 14.4 Å². The van der Waals surface area contributed by atoms with Crippen LogP contribution in [0.1, 0.15) is 19.4 Å². The van der Waals surface area contributed by atoms with Crippen molar-refractivity contribution in [2.45, 2.75) is 13.8 Å². The van der Waals surface area contributed by atoms with Crippen LogP contribution in [-0.4, -0.2) is 43.8 Å². The molecule has 0 heterocycles. The molecule has 0 aliphatic rings. The molecule has 3 amide bonds. The van der Waals surface area contributed by atoms with E-state index in [4.69, 9.17) is 37.4 Å². The van der Waals surface area contributed by atoms with Gasteiger partial charge in [-0.05, 0) is 74.0 Å². The van der Waals surface area contributed by atoms with Gasteiger partial charge in [-0.3, -0.25) is 14.4 Å². The van der Waals surface area contributed by atoms with Crippen molar-refractivity contribution in [2.75, 3.05) is 30.5 Å². The third kappa shape index (κ3) is 8.91. The van der Waals surface area contributed by atoms with E-state index in [0.29, 0.717) is 41.7 Å². The number of halogens is 2. The van der Waals surface area contributed by atoms with Crippen LogP contribution >= 0.6 is 23.2 Å². The summed E-state index contributed by atoms with van der Waals surface area (Å²) < 4.78 is 16.6. The van der Waals surface area contributed by atoms with Crippen LogP contribution in [0, 0.1) is 0 Å². The summed E-state index contributed by atoms with van der Waals surface area (Å²) in [6.45, 7) is 4.34. The summed E-state index contributed by atoms with van der Waals surface area (Å²) in [4.78, 5) is 36.5. The number of carbonyl (C=O) groups is 3.